The molecule has 0 unspecified atom stereocenters. The molecule has 32 heavy (non-hydrogen) atoms. The smallest absolute Gasteiger partial charge is 0.321 e. The van der Waals surface area contributed by atoms with Crippen molar-refractivity contribution in [1.82, 2.24) is 0 Å². The molecule has 2 fully saturated rings. The van der Waals surface area contributed by atoms with E-state index in [1.54, 1.807) is 0 Å². The van der Waals surface area contributed by atoms with Gasteiger partial charge in [-0.05, 0) is 25.7 Å². The van der Waals surface area contributed by atoms with E-state index in [2.05, 4.69) is 0 Å². The lowest BCUT2D eigenvalue weighted by Gasteiger charge is -2.14. The molecular formula is C19H32O13. The van der Waals surface area contributed by atoms with Gasteiger partial charge in [-0.2, -0.15) is 0 Å². The van der Waals surface area contributed by atoms with Crippen LogP contribution in [0.5, 0.6) is 0 Å². The molecule has 0 radical (unpaired) electrons. The Bertz CT molecular complexity index is 639. The van der Waals surface area contributed by atoms with Crippen LogP contribution in [-0.4, -0.2) is 97.4 Å². The van der Waals surface area contributed by atoms with E-state index in [4.69, 9.17) is 10.2 Å². The zero-order valence-corrected chi connectivity index (χ0v) is 17.4. The van der Waals surface area contributed by atoms with Gasteiger partial charge < -0.3 is 56.2 Å². The molecule has 0 amide bonds. The number of aliphatic hydroxyl groups is 9. The molecule has 0 aliphatic heterocycles. The van der Waals surface area contributed by atoms with Gasteiger partial charge in [-0.3, -0.25) is 9.59 Å². The van der Waals surface area contributed by atoms with Gasteiger partial charge in [0.2, 0.25) is 23.1 Å². The third-order valence-corrected chi connectivity index (χ3v) is 7.14. The Morgan fingerprint density at radius 2 is 0.812 bits per heavy atom. The van der Waals surface area contributed by atoms with Crippen LogP contribution in [0.15, 0.2) is 0 Å². The zero-order chi connectivity index (χ0) is 24.8. The van der Waals surface area contributed by atoms with Crippen LogP contribution in [0, 0.1) is 10.8 Å². The average molecular weight is 468 g/mol. The molecule has 0 heterocycles. The van der Waals surface area contributed by atoms with Gasteiger partial charge in [-0.15, -0.1) is 0 Å². The summed E-state index contributed by atoms with van der Waals surface area (Å²) in [6, 6.07) is 0. The molecule has 2 rings (SSSR count). The number of carboxylic acid groups (broad SMARTS) is 2. The first-order valence-corrected chi connectivity index (χ1v) is 10.4. The predicted octanol–water partition coefficient (Wildman–Crippen LogP) is -2.86. The van der Waals surface area contributed by atoms with Crippen molar-refractivity contribution in [2.75, 3.05) is 0 Å². The predicted molar refractivity (Wildman–Crippen MR) is 101 cm³/mol. The normalized spacial score (nSPS) is 24.8. The van der Waals surface area contributed by atoms with Crippen molar-refractivity contribution in [1.29, 1.82) is 0 Å². The van der Waals surface area contributed by atoms with Crippen LogP contribution >= 0.6 is 0 Å². The maximum atomic E-state index is 11.3. The summed E-state index contributed by atoms with van der Waals surface area (Å²) in [6.45, 7) is 0. The second kappa shape index (κ2) is 8.42. The zero-order valence-electron chi connectivity index (χ0n) is 17.4. The summed E-state index contributed by atoms with van der Waals surface area (Å²) in [5, 5.41) is 104. The van der Waals surface area contributed by atoms with Gasteiger partial charge in [0.25, 0.3) is 0 Å². The minimum Gasteiger partial charge on any atom is -0.481 e. The lowest BCUT2D eigenvalue weighted by Crippen LogP contribution is -2.28. The highest BCUT2D eigenvalue weighted by atomic mass is 16.7. The van der Waals surface area contributed by atoms with Crippen molar-refractivity contribution in [2.45, 2.75) is 93.5 Å². The van der Waals surface area contributed by atoms with E-state index in [1.165, 1.54) is 0 Å². The molecule has 0 atom stereocenters. The number of carbonyl (C=O) groups is 2. The quantitative estimate of drug-likeness (QED) is 0.0906. The van der Waals surface area contributed by atoms with Crippen LogP contribution < -0.4 is 0 Å². The number of unbranched alkanes of at least 4 members (excludes halogenated alkanes) is 4. The van der Waals surface area contributed by atoms with Gasteiger partial charge in [0.05, 0.1) is 6.10 Å². The molecule has 186 valence electrons. The van der Waals surface area contributed by atoms with Crippen LogP contribution in [0.2, 0.25) is 0 Å². The molecule has 13 heteroatoms. The first-order valence-electron chi connectivity index (χ1n) is 10.4. The molecule has 0 aromatic rings. The molecule has 2 aliphatic carbocycles. The molecule has 13 nitrogen and oxygen atoms in total. The van der Waals surface area contributed by atoms with Crippen molar-refractivity contribution < 1.29 is 65.8 Å². The fourth-order valence-electron chi connectivity index (χ4n) is 4.66. The average Bonchev–Trinajstić information content (AvgIpc) is 3.19. The SMILES string of the molecule is O=C(O)C1(CCCCCC(O)CCCCCC2(C(=O)O)C(O)(O)C2(O)O)C(O)(O)C1(O)O. The largest absolute Gasteiger partial charge is 0.481 e. The Morgan fingerprint density at radius 3 is 1.03 bits per heavy atom. The minimum atomic E-state index is -3.14. The van der Waals surface area contributed by atoms with Crippen LogP contribution in [0.25, 0.3) is 0 Å². The summed E-state index contributed by atoms with van der Waals surface area (Å²) in [6.07, 6.45) is 1.23. The third kappa shape index (κ3) is 3.52. The number of hydrogen-bond donors (Lipinski definition) is 11. The van der Waals surface area contributed by atoms with Gasteiger partial charge in [-0.25, -0.2) is 0 Å². The highest BCUT2D eigenvalue weighted by Gasteiger charge is 2.93. The fourth-order valence-corrected chi connectivity index (χ4v) is 4.66. The van der Waals surface area contributed by atoms with Crippen molar-refractivity contribution in [3.8, 4) is 0 Å². The summed E-state index contributed by atoms with van der Waals surface area (Å²) in [5.74, 6) is -16.0. The van der Waals surface area contributed by atoms with E-state index in [-0.39, 0.29) is 25.7 Å². The van der Waals surface area contributed by atoms with E-state index < -0.39 is 52.0 Å². The van der Waals surface area contributed by atoms with E-state index in [1.807, 2.05) is 0 Å². The van der Waals surface area contributed by atoms with E-state index >= 15 is 0 Å². The molecule has 0 spiro atoms. The maximum Gasteiger partial charge on any atom is 0.321 e. The number of rotatable bonds is 14. The number of carboxylic acids is 2. The van der Waals surface area contributed by atoms with Gasteiger partial charge in [0, 0.05) is 0 Å². The molecular weight excluding hydrogens is 436 g/mol. The van der Waals surface area contributed by atoms with Crippen LogP contribution in [-0.2, 0) is 9.59 Å². The second-order valence-corrected chi connectivity index (χ2v) is 8.96. The lowest BCUT2D eigenvalue weighted by molar-refractivity contribution is -0.207. The first kappa shape index (κ1) is 26.8. The summed E-state index contributed by atoms with van der Waals surface area (Å²) in [4.78, 5) is 22.5. The van der Waals surface area contributed by atoms with Crippen molar-refractivity contribution in [2.24, 2.45) is 10.8 Å². The number of aliphatic carboxylic acids is 2. The van der Waals surface area contributed by atoms with Gasteiger partial charge in [0.15, 0.2) is 10.8 Å². The minimum absolute atomic E-state index is 0.149. The van der Waals surface area contributed by atoms with Crippen LogP contribution in [0.3, 0.4) is 0 Å². The Morgan fingerprint density at radius 1 is 0.531 bits per heavy atom. The molecule has 0 bridgehead atoms. The van der Waals surface area contributed by atoms with Crippen molar-refractivity contribution in [3.63, 3.8) is 0 Å². The monoisotopic (exact) mass is 468 g/mol. The maximum absolute atomic E-state index is 11.3. The summed E-state index contributed by atoms with van der Waals surface area (Å²) >= 11 is 0. The van der Waals surface area contributed by atoms with E-state index in [0.29, 0.717) is 38.5 Å². The lowest BCUT2D eigenvalue weighted by atomic mass is 9.94. The molecule has 0 saturated heterocycles. The molecule has 2 saturated carbocycles. The van der Waals surface area contributed by atoms with Gasteiger partial charge in [-0.1, -0.05) is 38.5 Å². The first-order chi connectivity index (χ1) is 14.5. The summed E-state index contributed by atoms with van der Waals surface area (Å²) < 4.78 is 0. The topological polar surface area (TPSA) is 257 Å². The summed E-state index contributed by atoms with van der Waals surface area (Å²) in [7, 11) is 0. The fraction of sp³-hybridized carbons (Fsp3) is 0.895. The molecule has 11 N–H and O–H groups in total. The Kier molecular flexibility index (Phi) is 7.06. The second-order valence-electron chi connectivity index (χ2n) is 8.96. The summed E-state index contributed by atoms with van der Waals surface area (Å²) in [5.41, 5.74) is -4.95. The van der Waals surface area contributed by atoms with Crippen LogP contribution in [0.1, 0.15) is 64.2 Å². The number of aliphatic hydroxyl groups excluding tert-OH is 1. The molecule has 0 aromatic carbocycles. The van der Waals surface area contributed by atoms with Gasteiger partial charge in [0.1, 0.15) is 0 Å². The number of hydrogen-bond acceptors (Lipinski definition) is 11. The highest BCUT2D eigenvalue weighted by molar-refractivity contribution is 5.83. The standard InChI is InChI=1S/C19H32O13/c20-11(7-3-1-5-9-14(12(21)22)16(25,26)17(14,27)28)8-4-2-6-10-15(13(23)24)18(29,30)19(15,31)32/h11,20,25-32H,1-10H2,(H,21,22)(H,23,24). The van der Waals surface area contributed by atoms with E-state index in [9.17, 15) is 55.5 Å². The Balaban J connectivity index is 1.62. The van der Waals surface area contributed by atoms with Gasteiger partial charge >= 0.3 is 11.9 Å². The molecule has 2 aliphatic rings. The highest BCUT2D eigenvalue weighted by Crippen LogP contribution is 2.65. The van der Waals surface area contributed by atoms with Crippen molar-refractivity contribution in [3.05, 3.63) is 0 Å². The Labute approximate surface area is 182 Å². The van der Waals surface area contributed by atoms with Crippen molar-refractivity contribution >= 4 is 11.9 Å². The van der Waals surface area contributed by atoms with Crippen LogP contribution in [0.4, 0.5) is 0 Å². The molecule has 0 aromatic heterocycles. The Hall–Kier alpha value is -1.42. The third-order valence-electron chi connectivity index (χ3n) is 7.14. The van der Waals surface area contributed by atoms with E-state index in [0.717, 1.165) is 0 Å².